The van der Waals surface area contributed by atoms with Crippen molar-refractivity contribution in [1.82, 2.24) is 0 Å². The van der Waals surface area contributed by atoms with Gasteiger partial charge >= 0.3 is 0 Å². The smallest absolute Gasteiger partial charge is 0.236 e. The molecule has 1 rings (SSSR count). The fourth-order valence-electron chi connectivity index (χ4n) is 1.06. The van der Waals surface area contributed by atoms with Crippen LogP contribution in [0.15, 0.2) is 24.3 Å². The maximum absolute atomic E-state index is 13.6. The lowest BCUT2D eigenvalue weighted by atomic mass is 10.1. The zero-order chi connectivity index (χ0) is 10.1. The molecule has 0 fully saturated rings. The normalized spacial score (nSPS) is 11.4. The number of hydrogen-bond donors (Lipinski definition) is 1. The Hall–Kier alpha value is 0.280. The molecular weight excluding hydrogens is 395 g/mol. The molecule has 4 heteroatoms. The van der Waals surface area contributed by atoms with Crippen molar-refractivity contribution in [2.24, 2.45) is 0 Å². The van der Waals surface area contributed by atoms with Crippen LogP contribution in [0.4, 0.5) is 4.39 Å². The van der Waals surface area contributed by atoms with Gasteiger partial charge in [-0.3, -0.25) is 0 Å². The van der Waals surface area contributed by atoms with Gasteiger partial charge in [-0.25, -0.2) is 4.39 Å². The van der Waals surface area contributed by atoms with E-state index in [1.165, 1.54) is 0 Å². The number of rotatable bonds is 2. The van der Waals surface area contributed by atoms with Gasteiger partial charge in [0.05, 0.1) is 0 Å². The summed E-state index contributed by atoms with van der Waals surface area (Å²) in [6.45, 7) is 1.66. The fraction of sp³-hybridized carbons (Fsp3) is 0.222. The zero-order valence-corrected chi connectivity index (χ0v) is 11.3. The van der Waals surface area contributed by atoms with Crippen molar-refractivity contribution in [3.8, 4) is 0 Å². The molecule has 0 aliphatic carbocycles. The highest BCUT2D eigenvalue weighted by Crippen LogP contribution is 2.42. The van der Waals surface area contributed by atoms with Crippen LogP contribution >= 0.6 is 45.2 Å². The van der Waals surface area contributed by atoms with Gasteiger partial charge < -0.3 is 5.41 Å². The largest absolute Gasteiger partial charge is 0.305 e. The van der Waals surface area contributed by atoms with Crippen molar-refractivity contribution in [2.45, 2.75) is 8.61 Å². The number of alkyl halides is 3. The van der Waals surface area contributed by atoms with E-state index in [4.69, 9.17) is 5.41 Å². The lowest BCUT2D eigenvalue weighted by Crippen LogP contribution is -2.07. The molecule has 13 heavy (non-hydrogen) atoms. The summed E-state index contributed by atoms with van der Waals surface area (Å²) in [6.07, 6.45) is 0. The molecule has 0 bridgehead atoms. The maximum atomic E-state index is 13.6. The van der Waals surface area contributed by atoms with Crippen molar-refractivity contribution in [3.63, 3.8) is 0 Å². The Labute approximate surface area is 104 Å². The molecule has 0 amide bonds. The topological polar surface area (TPSA) is 23.9 Å². The first-order chi connectivity index (χ1) is 5.93. The Morgan fingerprint density at radius 3 is 2.31 bits per heavy atom. The van der Waals surface area contributed by atoms with Crippen molar-refractivity contribution in [3.05, 3.63) is 35.4 Å². The third-order valence-electron chi connectivity index (χ3n) is 1.64. The van der Waals surface area contributed by atoms with Gasteiger partial charge in [0, 0.05) is 16.8 Å². The molecule has 0 saturated carbocycles. The summed E-state index contributed by atoms with van der Waals surface area (Å²) in [5, 5.41) is 7.48. The van der Waals surface area contributed by atoms with Crippen LogP contribution in [0, 0.1) is 5.41 Å². The molecular formula is C9H8FI2N. The Morgan fingerprint density at radius 1 is 1.38 bits per heavy atom. The van der Waals surface area contributed by atoms with Crippen LogP contribution in [0.25, 0.3) is 0 Å². The van der Waals surface area contributed by atoms with E-state index in [9.17, 15) is 4.39 Å². The first-order valence-electron chi connectivity index (χ1n) is 3.64. The van der Waals surface area contributed by atoms with E-state index in [1.54, 1.807) is 70.3 Å². The summed E-state index contributed by atoms with van der Waals surface area (Å²) in [6, 6.07) is 7.08. The molecule has 0 aromatic heterocycles. The Bertz CT molecular complexity index is 331. The standard InChI is InChI=1S/C9H8FI2N/c1-6(13)7-4-2-3-5-8(7)9(10,11)12/h2-5,13H,1H3. The van der Waals surface area contributed by atoms with Gasteiger partial charge in [0.2, 0.25) is 1.68 Å². The van der Waals surface area contributed by atoms with Gasteiger partial charge in [0.15, 0.2) is 0 Å². The molecule has 0 atom stereocenters. The lowest BCUT2D eigenvalue weighted by molar-refractivity contribution is 0.469. The van der Waals surface area contributed by atoms with E-state index < -0.39 is 1.68 Å². The van der Waals surface area contributed by atoms with Crippen LogP contribution in [0.5, 0.6) is 0 Å². The lowest BCUT2D eigenvalue weighted by Gasteiger charge is -2.14. The Kier molecular flexibility index (Phi) is 3.67. The highest BCUT2D eigenvalue weighted by atomic mass is 127. The van der Waals surface area contributed by atoms with E-state index >= 15 is 0 Å². The van der Waals surface area contributed by atoms with E-state index in [0.29, 0.717) is 16.8 Å². The van der Waals surface area contributed by atoms with Crippen LogP contribution < -0.4 is 0 Å². The van der Waals surface area contributed by atoms with Crippen LogP contribution in [-0.4, -0.2) is 5.71 Å². The summed E-state index contributed by atoms with van der Waals surface area (Å²) in [5.74, 6) is 0. The van der Waals surface area contributed by atoms with E-state index in [1.807, 2.05) is 6.07 Å². The summed E-state index contributed by atoms with van der Waals surface area (Å²) in [5.41, 5.74) is 1.63. The first kappa shape index (κ1) is 11.4. The van der Waals surface area contributed by atoms with Crippen LogP contribution in [0.2, 0.25) is 0 Å². The molecule has 70 valence electrons. The minimum Gasteiger partial charge on any atom is -0.305 e. The zero-order valence-electron chi connectivity index (χ0n) is 6.94. The molecule has 0 aliphatic rings. The molecule has 1 N–H and O–H groups in total. The highest BCUT2D eigenvalue weighted by Gasteiger charge is 2.26. The molecule has 1 nitrogen and oxygen atoms in total. The Morgan fingerprint density at radius 2 is 1.92 bits per heavy atom. The minimum atomic E-state index is -1.44. The fourth-order valence-corrected chi connectivity index (χ4v) is 2.00. The summed E-state index contributed by atoms with van der Waals surface area (Å²) >= 11 is 3.45. The van der Waals surface area contributed by atoms with Gasteiger partial charge in [-0.05, 0) is 52.1 Å². The van der Waals surface area contributed by atoms with Gasteiger partial charge in [-0.2, -0.15) is 0 Å². The maximum Gasteiger partial charge on any atom is 0.236 e. The number of hydrogen-bond acceptors (Lipinski definition) is 1. The van der Waals surface area contributed by atoms with Crippen LogP contribution in [0.1, 0.15) is 18.1 Å². The SMILES string of the molecule is CC(=N)c1ccccc1C(F)(I)I. The van der Waals surface area contributed by atoms with E-state index in [-0.39, 0.29) is 0 Å². The predicted octanol–water partition coefficient (Wildman–Crippen LogP) is 4.02. The Balaban J connectivity index is 3.28. The molecule has 0 aliphatic heterocycles. The number of nitrogens with one attached hydrogen (secondary N) is 1. The van der Waals surface area contributed by atoms with Gasteiger partial charge in [-0.15, -0.1) is 0 Å². The minimum absolute atomic E-state index is 0.394. The number of benzene rings is 1. The van der Waals surface area contributed by atoms with Crippen molar-refractivity contribution >= 4 is 50.9 Å². The third-order valence-corrected chi connectivity index (χ3v) is 2.80. The predicted molar refractivity (Wildman–Crippen MR) is 69.8 cm³/mol. The molecule has 0 spiro atoms. The second kappa shape index (κ2) is 4.20. The van der Waals surface area contributed by atoms with Crippen LogP contribution in [0.3, 0.4) is 0 Å². The van der Waals surface area contributed by atoms with Crippen molar-refractivity contribution in [1.29, 1.82) is 5.41 Å². The molecule has 1 aromatic rings. The molecule has 0 radical (unpaired) electrons. The molecule has 0 unspecified atom stereocenters. The quantitative estimate of drug-likeness (QED) is 0.439. The second-order valence-corrected chi connectivity index (χ2v) is 7.71. The molecule has 1 aromatic carbocycles. The van der Waals surface area contributed by atoms with Crippen LogP contribution in [-0.2, 0) is 1.68 Å². The highest BCUT2D eigenvalue weighted by molar-refractivity contribution is 14.2. The third kappa shape index (κ3) is 2.87. The molecule has 0 saturated heterocycles. The van der Waals surface area contributed by atoms with Gasteiger partial charge in [0.1, 0.15) is 0 Å². The summed E-state index contributed by atoms with van der Waals surface area (Å²) in [4.78, 5) is 0. The van der Waals surface area contributed by atoms with Gasteiger partial charge in [-0.1, -0.05) is 24.3 Å². The second-order valence-electron chi connectivity index (χ2n) is 2.67. The van der Waals surface area contributed by atoms with E-state index in [2.05, 4.69) is 0 Å². The first-order valence-corrected chi connectivity index (χ1v) is 5.80. The summed E-state index contributed by atoms with van der Waals surface area (Å²) in [7, 11) is 0. The average molecular weight is 403 g/mol. The van der Waals surface area contributed by atoms with Crippen molar-refractivity contribution < 1.29 is 4.39 Å². The summed E-state index contributed by atoms with van der Waals surface area (Å²) < 4.78 is 12.2. The van der Waals surface area contributed by atoms with Crippen molar-refractivity contribution in [2.75, 3.05) is 0 Å². The monoisotopic (exact) mass is 403 g/mol. The van der Waals surface area contributed by atoms with E-state index in [0.717, 1.165) is 0 Å². The molecule has 0 heterocycles. The number of halogens is 3. The average Bonchev–Trinajstić information content (AvgIpc) is 2.03. The van der Waals surface area contributed by atoms with Gasteiger partial charge in [0.25, 0.3) is 0 Å².